The Hall–Kier alpha value is -0.680. The standard InChI is InChI=1S/C10H18O4/c1-3-5-13-7-9(11)10(12)8-14-6-4-2/h3-4,9-12H,1-2,5-8H2/t9-,10-/m0/s1. The van der Waals surface area contributed by atoms with Crippen molar-refractivity contribution in [2.75, 3.05) is 26.4 Å². The van der Waals surface area contributed by atoms with Crippen LogP contribution in [-0.4, -0.2) is 48.8 Å². The van der Waals surface area contributed by atoms with Crippen molar-refractivity contribution in [1.29, 1.82) is 0 Å². The third-order valence-corrected chi connectivity index (χ3v) is 1.49. The van der Waals surface area contributed by atoms with Crippen molar-refractivity contribution in [1.82, 2.24) is 0 Å². The van der Waals surface area contributed by atoms with E-state index in [1.54, 1.807) is 12.2 Å². The summed E-state index contributed by atoms with van der Waals surface area (Å²) in [6.45, 7) is 7.78. The van der Waals surface area contributed by atoms with E-state index in [1.165, 1.54) is 0 Å². The zero-order valence-electron chi connectivity index (χ0n) is 8.26. The summed E-state index contributed by atoms with van der Waals surface area (Å²) in [4.78, 5) is 0. The van der Waals surface area contributed by atoms with Crippen LogP contribution in [0.4, 0.5) is 0 Å². The smallest absolute Gasteiger partial charge is 0.105 e. The van der Waals surface area contributed by atoms with Crippen LogP contribution in [0.15, 0.2) is 25.3 Å². The van der Waals surface area contributed by atoms with Crippen LogP contribution in [0.1, 0.15) is 0 Å². The number of ether oxygens (including phenoxy) is 2. The van der Waals surface area contributed by atoms with Gasteiger partial charge in [-0.2, -0.15) is 0 Å². The second-order valence-corrected chi connectivity index (χ2v) is 2.79. The summed E-state index contributed by atoms with van der Waals surface area (Å²) in [5, 5.41) is 18.7. The molecule has 4 nitrogen and oxygen atoms in total. The topological polar surface area (TPSA) is 58.9 Å². The van der Waals surface area contributed by atoms with Crippen LogP contribution in [0.5, 0.6) is 0 Å². The summed E-state index contributed by atoms with van der Waals surface area (Å²) in [5.74, 6) is 0. The maximum Gasteiger partial charge on any atom is 0.105 e. The lowest BCUT2D eigenvalue weighted by Crippen LogP contribution is -2.34. The Morgan fingerprint density at radius 3 is 1.57 bits per heavy atom. The predicted octanol–water partition coefficient (Wildman–Crippen LogP) is 0.113. The van der Waals surface area contributed by atoms with Gasteiger partial charge in [0.25, 0.3) is 0 Å². The zero-order chi connectivity index (χ0) is 10.8. The van der Waals surface area contributed by atoms with E-state index in [2.05, 4.69) is 13.2 Å². The predicted molar refractivity (Wildman–Crippen MR) is 54.0 cm³/mol. The first-order chi connectivity index (χ1) is 6.72. The first-order valence-electron chi connectivity index (χ1n) is 4.45. The molecule has 0 heterocycles. The van der Waals surface area contributed by atoms with Gasteiger partial charge in [-0.05, 0) is 0 Å². The highest BCUT2D eigenvalue weighted by Gasteiger charge is 2.15. The second-order valence-electron chi connectivity index (χ2n) is 2.79. The molecule has 0 aromatic heterocycles. The van der Waals surface area contributed by atoms with Gasteiger partial charge in [-0.3, -0.25) is 0 Å². The normalized spacial score (nSPS) is 14.7. The van der Waals surface area contributed by atoms with Crippen molar-refractivity contribution in [3.05, 3.63) is 25.3 Å². The lowest BCUT2D eigenvalue weighted by molar-refractivity contribution is -0.0640. The minimum Gasteiger partial charge on any atom is -0.388 e. The molecular weight excluding hydrogens is 184 g/mol. The van der Waals surface area contributed by atoms with Gasteiger partial charge in [0.2, 0.25) is 0 Å². The van der Waals surface area contributed by atoms with E-state index in [9.17, 15) is 10.2 Å². The zero-order valence-corrected chi connectivity index (χ0v) is 8.26. The summed E-state index contributed by atoms with van der Waals surface area (Å²) in [6.07, 6.45) is 1.29. The number of rotatable bonds is 9. The fourth-order valence-corrected chi connectivity index (χ4v) is 0.766. The number of aliphatic hydroxyl groups is 2. The van der Waals surface area contributed by atoms with E-state index >= 15 is 0 Å². The Morgan fingerprint density at radius 2 is 1.29 bits per heavy atom. The quantitative estimate of drug-likeness (QED) is 0.411. The molecule has 0 aliphatic heterocycles. The minimum absolute atomic E-state index is 0.0740. The Labute approximate surface area is 84.5 Å². The third-order valence-electron chi connectivity index (χ3n) is 1.49. The maximum absolute atomic E-state index is 9.33. The average Bonchev–Trinajstić information content (AvgIpc) is 2.18. The van der Waals surface area contributed by atoms with Gasteiger partial charge in [-0.1, -0.05) is 12.2 Å². The van der Waals surface area contributed by atoms with Crippen LogP contribution in [0.2, 0.25) is 0 Å². The van der Waals surface area contributed by atoms with Crippen LogP contribution < -0.4 is 0 Å². The van der Waals surface area contributed by atoms with Crippen LogP contribution in [0, 0.1) is 0 Å². The summed E-state index contributed by atoms with van der Waals surface area (Å²) in [5.41, 5.74) is 0. The molecule has 0 aliphatic rings. The Balaban J connectivity index is 3.47. The van der Waals surface area contributed by atoms with Gasteiger partial charge in [0.05, 0.1) is 26.4 Å². The van der Waals surface area contributed by atoms with Gasteiger partial charge in [0.1, 0.15) is 12.2 Å². The molecule has 0 aromatic rings. The maximum atomic E-state index is 9.33. The minimum atomic E-state index is -0.931. The summed E-state index contributed by atoms with van der Waals surface area (Å²) in [6, 6.07) is 0. The molecule has 0 amide bonds. The molecule has 2 N–H and O–H groups in total. The lowest BCUT2D eigenvalue weighted by Gasteiger charge is -2.17. The van der Waals surface area contributed by atoms with Gasteiger partial charge in [0, 0.05) is 0 Å². The monoisotopic (exact) mass is 202 g/mol. The van der Waals surface area contributed by atoms with Crippen molar-refractivity contribution in [3.8, 4) is 0 Å². The van der Waals surface area contributed by atoms with Crippen LogP contribution in [0.25, 0.3) is 0 Å². The van der Waals surface area contributed by atoms with Crippen molar-refractivity contribution in [2.45, 2.75) is 12.2 Å². The van der Waals surface area contributed by atoms with Gasteiger partial charge < -0.3 is 19.7 Å². The highest BCUT2D eigenvalue weighted by molar-refractivity contribution is 4.70. The van der Waals surface area contributed by atoms with E-state index < -0.39 is 12.2 Å². The molecule has 82 valence electrons. The molecule has 14 heavy (non-hydrogen) atoms. The lowest BCUT2D eigenvalue weighted by atomic mass is 10.2. The third kappa shape index (κ3) is 6.80. The Morgan fingerprint density at radius 1 is 0.929 bits per heavy atom. The first kappa shape index (κ1) is 13.3. The van der Waals surface area contributed by atoms with Crippen LogP contribution >= 0.6 is 0 Å². The molecule has 0 saturated heterocycles. The van der Waals surface area contributed by atoms with Gasteiger partial charge >= 0.3 is 0 Å². The molecule has 4 heteroatoms. The van der Waals surface area contributed by atoms with Gasteiger partial charge in [-0.15, -0.1) is 13.2 Å². The molecular formula is C10H18O4. The average molecular weight is 202 g/mol. The van der Waals surface area contributed by atoms with Gasteiger partial charge in [0.15, 0.2) is 0 Å². The van der Waals surface area contributed by atoms with E-state index in [1.807, 2.05) is 0 Å². The fourth-order valence-electron chi connectivity index (χ4n) is 0.766. The molecule has 0 bridgehead atoms. The fraction of sp³-hybridized carbons (Fsp3) is 0.600. The molecule has 0 radical (unpaired) electrons. The van der Waals surface area contributed by atoms with Gasteiger partial charge in [-0.25, -0.2) is 0 Å². The van der Waals surface area contributed by atoms with E-state index in [-0.39, 0.29) is 13.2 Å². The van der Waals surface area contributed by atoms with Crippen molar-refractivity contribution >= 4 is 0 Å². The van der Waals surface area contributed by atoms with E-state index in [0.717, 1.165) is 0 Å². The molecule has 0 unspecified atom stereocenters. The Bertz CT molecular complexity index is 140. The number of hydrogen-bond acceptors (Lipinski definition) is 4. The molecule has 0 aliphatic carbocycles. The van der Waals surface area contributed by atoms with Crippen molar-refractivity contribution in [2.24, 2.45) is 0 Å². The SMILES string of the molecule is C=CCOC[C@H](O)[C@@H](O)COCC=C. The highest BCUT2D eigenvalue weighted by atomic mass is 16.5. The molecule has 0 spiro atoms. The molecule has 0 saturated carbocycles. The summed E-state index contributed by atoms with van der Waals surface area (Å²) in [7, 11) is 0. The van der Waals surface area contributed by atoms with Crippen molar-refractivity contribution in [3.63, 3.8) is 0 Å². The van der Waals surface area contributed by atoms with Crippen LogP contribution in [0.3, 0.4) is 0 Å². The van der Waals surface area contributed by atoms with E-state index in [0.29, 0.717) is 13.2 Å². The molecule has 0 aromatic carbocycles. The van der Waals surface area contributed by atoms with Crippen LogP contribution in [-0.2, 0) is 9.47 Å². The summed E-state index contributed by atoms with van der Waals surface area (Å²) >= 11 is 0. The second kappa shape index (κ2) is 8.90. The van der Waals surface area contributed by atoms with Crippen molar-refractivity contribution < 1.29 is 19.7 Å². The highest BCUT2D eigenvalue weighted by Crippen LogP contribution is 1.96. The summed E-state index contributed by atoms with van der Waals surface area (Å²) < 4.78 is 9.94. The first-order valence-corrected chi connectivity index (χ1v) is 4.45. The Kier molecular flexibility index (Phi) is 8.47. The molecule has 2 atom stereocenters. The molecule has 0 rings (SSSR count). The molecule has 0 fully saturated rings. The largest absolute Gasteiger partial charge is 0.388 e. The van der Waals surface area contributed by atoms with E-state index in [4.69, 9.17) is 9.47 Å². The number of aliphatic hydroxyl groups excluding tert-OH is 2. The number of hydrogen-bond donors (Lipinski definition) is 2.